The summed E-state index contributed by atoms with van der Waals surface area (Å²) in [7, 11) is 1.82. The molecule has 0 fully saturated rings. The van der Waals surface area contributed by atoms with E-state index in [1.807, 2.05) is 31.3 Å². The van der Waals surface area contributed by atoms with Crippen molar-refractivity contribution >= 4 is 22.9 Å². The van der Waals surface area contributed by atoms with Crippen molar-refractivity contribution in [3.8, 4) is 0 Å². The largest absolute Gasteiger partial charge is 0.393 e. The first-order valence-corrected chi connectivity index (χ1v) is 5.70. The van der Waals surface area contributed by atoms with Crippen molar-refractivity contribution in [2.45, 2.75) is 6.92 Å². The highest BCUT2D eigenvalue weighted by molar-refractivity contribution is 6.03. The number of para-hydroxylation sites is 2. The van der Waals surface area contributed by atoms with E-state index < -0.39 is 5.91 Å². The predicted molar refractivity (Wildman–Crippen MR) is 73.6 cm³/mol. The number of hydrogen-bond donors (Lipinski definition) is 4. The Balaban J connectivity index is 2.32. The lowest BCUT2D eigenvalue weighted by Crippen LogP contribution is -2.29. The van der Waals surface area contributed by atoms with Crippen LogP contribution in [0.5, 0.6) is 0 Å². The van der Waals surface area contributed by atoms with E-state index in [0.717, 1.165) is 11.0 Å². The molecule has 1 aromatic heterocycles. The third-order valence-corrected chi connectivity index (χ3v) is 2.88. The molecule has 2 aromatic rings. The van der Waals surface area contributed by atoms with Gasteiger partial charge in [-0.1, -0.05) is 12.1 Å². The average molecular weight is 260 g/mol. The highest BCUT2D eigenvalue weighted by Crippen LogP contribution is 2.17. The van der Waals surface area contributed by atoms with Crippen LogP contribution in [0.3, 0.4) is 0 Å². The molecule has 7 heteroatoms. The molecule has 2 rings (SSSR count). The summed E-state index contributed by atoms with van der Waals surface area (Å²) in [6, 6.07) is 7.59. The number of nitrogens with one attached hydrogen (secondary N) is 2. The van der Waals surface area contributed by atoms with Crippen molar-refractivity contribution in [1.29, 1.82) is 0 Å². The summed E-state index contributed by atoms with van der Waals surface area (Å²) in [4.78, 5) is 16.2. The van der Waals surface area contributed by atoms with Gasteiger partial charge in [0.05, 0.1) is 16.7 Å². The lowest BCUT2D eigenvalue weighted by Gasteiger charge is -2.08. The molecule has 0 unspecified atom stereocenters. The number of imidazole rings is 1. The van der Waals surface area contributed by atoms with Gasteiger partial charge in [-0.3, -0.25) is 16.0 Å². The van der Waals surface area contributed by atoms with Crippen molar-refractivity contribution in [3.05, 3.63) is 35.7 Å². The quantitative estimate of drug-likeness (QED) is 0.357. The molecule has 6 N–H and O–H groups in total. The van der Waals surface area contributed by atoms with Crippen LogP contribution in [0.2, 0.25) is 0 Å². The maximum atomic E-state index is 11.9. The number of hydrazine groups is 1. The summed E-state index contributed by atoms with van der Waals surface area (Å²) < 4.78 is 1.78. The molecule has 1 amide bonds. The second-order valence-corrected chi connectivity index (χ2v) is 4.12. The number of anilines is 1. The van der Waals surface area contributed by atoms with Crippen molar-refractivity contribution in [1.82, 2.24) is 15.0 Å². The van der Waals surface area contributed by atoms with Crippen LogP contribution in [0, 0.1) is 0 Å². The predicted octanol–water partition coefficient (Wildman–Crippen LogP) is 0.165. The molecule has 0 radical (unpaired) electrons. The molecule has 19 heavy (non-hydrogen) atoms. The molecular formula is C12H16N6O. The fraction of sp³-hybridized carbons (Fsp3) is 0.167. The van der Waals surface area contributed by atoms with Gasteiger partial charge in [0.1, 0.15) is 5.70 Å². The Kier molecular flexibility index (Phi) is 3.39. The molecule has 0 atom stereocenters. The lowest BCUT2D eigenvalue weighted by molar-refractivity contribution is -0.113. The van der Waals surface area contributed by atoms with E-state index in [-0.39, 0.29) is 5.70 Å². The summed E-state index contributed by atoms with van der Waals surface area (Å²) in [5.74, 6) is 5.19. The smallest absolute Gasteiger partial charge is 0.275 e. The van der Waals surface area contributed by atoms with Crippen molar-refractivity contribution in [3.63, 3.8) is 0 Å². The van der Waals surface area contributed by atoms with Gasteiger partial charge >= 0.3 is 0 Å². The lowest BCUT2D eigenvalue weighted by atomic mass is 10.3. The highest BCUT2D eigenvalue weighted by Gasteiger charge is 2.13. The van der Waals surface area contributed by atoms with Crippen LogP contribution in [0.15, 0.2) is 35.7 Å². The van der Waals surface area contributed by atoms with Gasteiger partial charge in [0.15, 0.2) is 0 Å². The van der Waals surface area contributed by atoms with Gasteiger partial charge in [0.2, 0.25) is 5.95 Å². The third-order valence-electron chi connectivity index (χ3n) is 2.88. The van der Waals surface area contributed by atoms with Crippen LogP contribution in [0.25, 0.3) is 11.0 Å². The van der Waals surface area contributed by atoms with Crippen LogP contribution >= 0.6 is 0 Å². The molecule has 0 spiro atoms. The second kappa shape index (κ2) is 4.99. The first kappa shape index (κ1) is 12.9. The van der Waals surface area contributed by atoms with Gasteiger partial charge in [-0.05, 0) is 19.1 Å². The Bertz CT molecular complexity index is 657. The van der Waals surface area contributed by atoms with E-state index in [1.165, 1.54) is 0 Å². The SMILES string of the molecule is C/C(NN)=C(/N)C(=O)Nc1nc2ccccc2n1C. The molecular weight excluding hydrogens is 244 g/mol. The average Bonchev–Trinajstić information content (AvgIpc) is 2.74. The van der Waals surface area contributed by atoms with E-state index in [4.69, 9.17) is 11.6 Å². The number of carbonyl (C=O) groups is 1. The molecule has 1 heterocycles. The minimum atomic E-state index is -0.450. The van der Waals surface area contributed by atoms with Gasteiger partial charge in [-0.25, -0.2) is 4.98 Å². The molecule has 0 aliphatic heterocycles. The van der Waals surface area contributed by atoms with Gasteiger partial charge < -0.3 is 15.7 Å². The molecule has 1 aromatic carbocycles. The fourth-order valence-electron chi connectivity index (χ4n) is 1.67. The van der Waals surface area contributed by atoms with Crippen LogP contribution in [0.4, 0.5) is 5.95 Å². The number of allylic oxidation sites excluding steroid dienone is 1. The zero-order valence-corrected chi connectivity index (χ0v) is 10.8. The summed E-state index contributed by atoms with van der Waals surface area (Å²) in [6.07, 6.45) is 0. The molecule has 0 bridgehead atoms. The second-order valence-electron chi connectivity index (χ2n) is 4.12. The van der Waals surface area contributed by atoms with Crippen LogP contribution < -0.4 is 22.3 Å². The summed E-state index contributed by atoms with van der Waals surface area (Å²) in [6.45, 7) is 1.61. The Labute approximate surface area is 110 Å². The first-order valence-electron chi connectivity index (χ1n) is 5.70. The molecule has 7 nitrogen and oxygen atoms in total. The van der Waals surface area contributed by atoms with Crippen molar-refractivity contribution in [2.24, 2.45) is 18.6 Å². The van der Waals surface area contributed by atoms with Crippen molar-refractivity contribution < 1.29 is 4.79 Å². The topological polar surface area (TPSA) is 111 Å². The van der Waals surface area contributed by atoms with E-state index in [9.17, 15) is 4.79 Å². The molecule has 100 valence electrons. The maximum absolute atomic E-state index is 11.9. The Morgan fingerprint density at radius 3 is 2.68 bits per heavy atom. The fourth-order valence-corrected chi connectivity index (χ4v) is 1.67. The van der Waals surface area contributed by atoms with Gasteiger partial charge in [-0.2, -0.15) is 0 Å². The van der Waals surface area contributed by atoms with Gasteiger partial charge in [-0.15, -0.1) is 0 Å². The summed E-state index contributed by atoms with van der Waals surface area (Å²) >= 11 is 0. The minimum Gasteiger partial charge on any atom is -0.393 e. The maximum Gasteiger partial charge on any atom is 0.275 e. The summed E-state index contributed by atoms with van der Waals surface area (Å²) in [5.41, 5.74) is 10.1. The number of amides is 1. The number of nitrogens with two attached hydrogens (primary N) is 2. The van der Waals surface area contributed by atoms with Gasteiger partial charge in [0.25, 0.3) is 5.91 Å². The molecule has 0 saturated heterocycles. The zero-order valence-electron chi connectivity index (χ0n) is 10.8. The molecule has 0 saturated carbocycles. The Hall–Kier alpha value is -2.54. The van der Waals surface area contributed by atoms with E-state index >= 15 is 0 Å². The molecule has 0 aliphatic rings. The number of aryl methyl sites for hydroxylation is 1. The van der Waals surface area contributed by atoms with Crippen LogP contribution in [-0.2, 0) is 11.8 Å². The molecule has 0 aliphatic carbocycles. The van der Waals surface area contributed by atoms with Crippen LogP contribution in [-0.4, -0.2) is 15.5 Å². The normalized spacial score (nSPS) is 12.2. The first-order chi connectivity index (χ1) is 9.04. The zero-order chi connectivity index (χ0) is 14.0. The third kappa shape index (κ3) is 2.36. The highest BCUT2D eigenvalue weighted by atomic mass is 16.2. The number of nitrogens with zero attached hydrogens (tertiary/aromatic N) is 2. The van der Waals surface area contributed by atoms with E-state index in [2.05, 4.69) is 15.7 Å². The number of carbonyl (C=O) groups excluding carboxylic acids is 1. The monoisotopic (exact) mass is 260 g/mol. The Morgan fingerprint density at radius 1 is 1.37 bits per heavy atom. The standard InChI is InChI=1S/C12H16N6O/c1-7(17-14)10(13)11(19)16-12-15-8-5-3-4-6-9(8)18(12)2/h3-6,17H,13-14H2,1-2H3,(H,15,16,19)/b10-7-. The number of rotatable bonds is 3. The van der Waals surface area contributed by atoms with Crippen molar-refractivity contribution in [2.75, 3.05) is 5.32 Å². The number of aromatic nitrogens is 2. The number of benzene rings is 1. The summed E-state index contributed by atoms with van der Waals surface area (Å²) in [5, 5.41) is 2.65. The minimum absolute atomic E-state index is 0.0227. The number of fused-ring (bicyclic) bond motifs is 1. The number of hydrogen-bond acceptors (Lipinski definition) is 5. The van der Waals surface area contributed by atoms with Gasteiger partial charge in [0, 0.05) is 7.05 Å². The van der Waals surface area contributed by atoms with E-state index in [0.29, 0.717) is 11.6 Å². The van der Waals surface area contributed by atoms with E-state index in [1.54, 1.807) is 11.5 Å². The Morgan fingerprint density at radius 2 is 2.05 bits per heavy atom. The van der Waals surface area contributed by atoms with Crippen LogP contribution in [0.1, 0.15) is 6.92 Å².